The number of aryl methyl sites for hydroxylation is 1. The predicted molar refractivity (Wildman–Crippen MR) is 103 cm³/mol. The third-order valence-electron chi connectivity index (χ3n) is 4.40. The van der Waals surface area contributed by atoms with Gasteiger partial charge in [-0.2, -0.15) is 0 Å². The summed E-state index contributed by atoms with van der Waals surface area (Å²) in [5.74, 6) is 0.0658. The van der Waals surface area contributed by atoms with E-state index in [0.29, 0.717) is 11.8 Å². The average molecular weight is 377 g/mol. The van der Waals surface area contributed by atoms with Gasteiger partial charge in [-0.05, 0) is 60.5 Å². The van der Waals surface area contributed by atoms with Crippen molar-refractivity contribution >= 4 is 5.69 Å². The first-order chi connectivity index (χ1) is 13.6. The van der Waals surface area contributed by atoms with Gasteiger partial charge < -0.3 is 9.73 Å². The fourth-order valence-electron chi connectivity index (χ4n) is 2.94. The number of aromatic nitrogens is 2. The molecule has 0 amide bonds. The van der Waals surface area contributed by atoms with Crippen molar-refractivity contribution in [2.24, 2.45) is 0 Å². The predicted octanol–water partition coefficient (Wildman–Crippen LogP) is 5.52. The van der Waals surface area contributed by atoms with Crippen molar-refractivity contribution in [3.05, 3.63) is 101 Å². The number of hydrogen-bond acceptors (Lipinski definition) is 4. The van der Waals surface area contributed by atoms with Crippen LogP contribution in [0.25, 0.3) is 11.5 Å². The lowest BCUT2D eigenvalue weighted by molar-refractivity contribution is 0.493. The second-order valence-corrected chi connectivity index (χ2v) is 6.40. The van der Waals surface area contributed by atoms with Gasteiger partial charge >= 0.3 is 0 Å². The zero-order chi connectivity index (χ0) is 19.5. The SMILES string of the molecule is Cc1cc(F)ccc1NC(c1ccc(F)cc1)c1nnc(-c2ccccc2)o1. The molecule has 4 rings (SSSR count). The first-order valence-corrected chi connectivity index (χ1v) is 8.77. The molecule has 0 saturated carbocycles. The summed E-state index contributed by atoms with van der Waals surface area (Å²) in [6, 6.07) is 19.4. The molecule has 0 bridgehead atoms. The van der Waals surface area contributed by atoms with Gasteiger partial charge in [0.2, 0.25) is 11.8 Å². The molecule has 0 aliphatic rings. The van der Waals surface area contributed by atoms with Crippen LogP contribution in [0.3, 0.4) is 0 Å². The topological polar surface area (TPSA) is 51.0 Å². The normalized spacial score (nSPS) is 12.0. The molecule has 140 valence electrons. The second kappa shape index (κ2) is 7.60. The summed E-state index contributed by atoms with van der Waals surface area (Å²) in [5.41, 5.74) is 3.00. The van der Waals surface area contributed by atoms with Crippen molar-refractivity contribution in [3.63, 3.8) is 0 Å². The van der Waals surface area contributed by atoms with Crippen LogP contribution in [0.15, 0.2) is 77.2 Å². The van der Waals surface area contributed by atoms with Gasteiger partial charge in [0.15, 0.2) is 0 Å². The molecule has 0 aliphatic heterocycles. The van der Waals surface area contributed by atoms with Gasteiger partial charge in [0, 0.05) is 11.3 Å². The summed E-state index contributed by atoms with van der Waals surface area (Å²) in [6.45, 7) is 1.80. The third-order valence-corrected chi connectivity index (χ3v) is 4.40. The van der Waals surface area contributed by atoms with Crippen molar-refractivity contribution in [2.75, 3.05) is 5.32 Å². The summed E-state index contributed by atoms with van der Waals surface area (Å²) in [7, 11) is 0. The molecule has 3 aromatic carbocycles. The maximum atomic E-state index is 13.5. The van der Waals surface area contributed by atoms with Gasteiger partial charge in [-0.1, -0.05) is 30.3 Å². The molecule has 0 fully saturated rings. The van der Waals surface area contributed by atoms with Crippen molar-refractivity contribution in [1.82, 2.24) is 10.2 Å². The quantitative estimate of drug-likeness (QED) is 0.497. The molecule has 1 heterocycles. The molecule has 0 spiro atoms. The number of anilines is 1. The van der Waals surface area contributed by atoms with Crippen LogP contribution in [0.4, 0.5) is 14.5 Å². The Morgan fingerprint density at radius 2 is 1.57 bits per heavy atom. The van der Waals surface area contributed by atoms with E-state index < -0.39 is 6.04 Å². The number of hydrogen-bond donors (Lipinski definition) is 1. The maximum Gasteiger partial charge on any atom is 0.247 e. The average Bonchev–Trinajstić information content (AvgIpc) is 3.19. The Balaban J connectivity index is 1.73. The highest BCUT2D eigenvalue weighted by atomic mass is 19.1. The zero-order valence-electron chi connectivity index (χ0n) is 15.1. The van der Waals surface area contributed by atoms with Crippen LogP contribution >= 0.6 is 0 Å². The van der Waals surface area contributed by atoms with E-state index in [1.54, 1.807) is 25.1 Å². The van der Waals surface area contributed by atoms with Crippen LogP contribution in [-0.4, -0.2) is 10.2 Å². The summed E-state index contributed by atoms with van der Waals surface area (Å²) in [6.07, 6.45) is 0. The number of nitrogens with one attached hydrogen (secondary N) is 1. The Morgan fingerprint density at radius 3 is 2.29 bits per heavy atom. The number of nitrogens with zero attached hydrogens (tertiary/aromatic N) is 2. The standard InChI is InChI=1S/C22H17F2N3O/c1-14-13-18(24)11-12-19(14)25-20(15-7-9-17(23)10-8-15)22-27-26-21(28-22)16-5-3-2-4-6-16/h2-13,20,25H,1H3. The summed E-state index contributed by atoms with van der Waals surface area (Å²) < 4.78 is 32.8. The van der Waals surface area contributed by atoms with Crippen LogP contribution in [0, 0.1) is 18.6 Å². The Bertz CT molecular complexity index is 1080. The Morgan fingerprint density at radius 1 is 0.857 bits per heavy atom. The molecule has 1 aromatic heterocycles. The minimum absolute atomic E-state index is 0.314. The van der Waals surface area contributed by atoms with Crippen molar-refractivity contribution in [2.45, 2.75) is 13.0 Å². The molecule has 1 atom stereocenters. The Kier molecular flexibility index (Phi) is 4.85. The summed E-state index contributed by atoms with van der Waals surface area (Å²) in [5, 5.41) is 11.6. The first kappa shape index (κ1) is 17.9. The molecule has 4 aromatic rings. The number of halogens is 2. The molecule has 1 unspecified atom stereocenters. The van der Waals surface area contributed by atoms with Crippen LogP contribution in [0.5, 0.6) is 0 Å². The molecular formula is C22H17F2N3O. The van der Waals surface area contributed by atoms with E-state index in [2.05, 4.69) is 15.5 Å². The molecule has 6 heteroatoms. The van der Waals surface area contributed by atoms with E-state index in [0.717, 1.165) is 22.4 Å². The third kappa shape index (κ3) is 3.76. The summed E-state index contributed by atoms with van der Waals surface area (Å²) >= 11 is 0. The zero-order valence-corrected chi connectivity index (χ0v) is 15.1. The van der Waals surface area contributed by atoms with Gasteiger partial charge in [-0.3, -0.25) is 0 Å². The van der Waals surface area contributed by atoms with E-state index in [1.165, 1.54) is 24.3 Å². The highest BCUT2D eigenvalue weighted by Crippen LogP contribution is 2.30. The van der Waals surface area contributed by atoms with Crippen LogP contribution in [-0.2, 0) is 0 Å². The molecule has 0 radical (unpaired) electrons. The monoisotopic (exact) mass is 377 g/mol. The van der Waals surface area contributed by atoms with Gasteiger partial charge in [0.25, 0.3) is 0 Å². The number of rotatable bonds is 5. The molecule has 0 saturated heterocycles. The molecule has 28 heavy (non-hydrogen) atoms. The lowest BCUT2D eigenvalue weighted by atomic mass is 10.1. The van der Waals surface area contributed by atoms with E-state index in [4.69, 9.17) is 4.42 Å². The second-order valence-electron chi connectivity index (χ2n) is 6.40. The van der Waals surface area contributed by atoms with Gasteiger partial charge in [0.05, 0.1) is 0 Å². The van der Waals surface area contributed by atoms with E-state index in [9.17, 15) is 8.78 Å². The van der Waals surface area contributed by atoms with Crippen LogP contribution < -0.4 is 5.32 Å². The largest absolute Gasteiger partial charge is 0.418 e. The summed E-state index contributed by atoms with van der Waals surface area (Å²) in [4.78, 5) is 0. The van der Waals surface area contributed by atoms with Crippen molar-refractivity contribution < 1.29 is 13.2 Å². The van der Waals surface area contributed by atoms with Crippen LogP contribution in [0.1, 0.15) is 23.1 Å². The highest BCUT2D eigenvalue weighted by Gasteiger charge is 2.22. The van der Waals surface area contributed by atoms with E-state index >= 15 is 0 Å². The van der Waals surface area contributed by atoms with Crippen LogP contribution in [0.2, 0.25) is 0 Å². The van der Waals surface area contributed by atoms with Gasteiger partial charge in [0.1, 0.15) is 17.7 Å². The lowest BCUT2D eigenvalue weighted by Crippen LogP contribution is -2.14. The van der Waals surface area contributed by atoms with Crippen molar-refractivity contribution in [3.8, 4) is 11.5 Å². The smallest absolute Gasteiger partial charge is 0.247 e. The maximum absolute atomic E-state index is 13.5. The Labute approximate surface area is 160 Å². The molecule has 4 nitrogen and oxygen atoms in total. The first-order valence-electron chi connectivity index (χ1n) is 8.77. The van der Waals surface area contributed by atoms with Gasteiger partial charge in [-0.15, -0.1) is 10.2 Å². The molecule has 1 N–H and O–H groups in total. The highest BCUT2D eigenvalue weighted by molar-refractivity contribution is 5.55. The van der Waals surface area contributed by atoms with Crippen molar-refractivity contribution in [1.29, 1.82) is 0 Å². The van der Waals surface area contributed by atoms with E-state index in [-0.39, 0.29) is 11.6 Å². The molecule has 0 aliphatic carbocycles. The van der Waals surface area contributed by atoms with Gasteiger partial charge in [-0.25, -0.2) is 8.78 Å². The Hall–Kier alpha value is -3.54. The minimum atomic E-state index is -0.519. The molecular weight excluding hydrogens is 360 g/mol. The lowest BCUT2D eigenvalue weighted by Gasteiger charge is -2.18. The fourth-order valence-corrected chi connectivity index (χ4v) is 2.94. The van der Waals surface area contributed by atoms with E-state index in [1.807, 2.05) is 30.3 Å². The minimum Gasteiger partial charge on any atom is -0.418 e. The fraction of sp³-hybridized carbons (Fsp3) is 0.0909. The number of benzene rings is 3.